The minimum Gasteiger partial charge on any atom is -0.493 e. The number of ether oxygens (including phenoxy) is 4. The molecule has 0 heterocycles. The summed E-state index contributed by atoms with van der Waals surface area (Å²) in [5.74, 6) is -0.325. The van der Waals surface area contributed by atoms with Crippen molar-refractivity contribution in [2.24, 2.45) is 5.73 Å². The van der Waals surface area contributed by atoms with Gasteiger partial charge < -0.3 is 24.7 Å². The molecule has 0 bridgehead atoms. The van der Waals surface area contributed by atoms with Crippen LogP contribution in [0.15, 0.2) is 12.1 Å². The Balaban J connectivity index is 3.04. The summed E-state index contributed by atoms with van der Waals surface area (Å²) in [7, 11) is 3.92. The van der Waals surface area contributed by atoms with Crippen LogP contribution in [0.2, 0.25) is 0 Å². The molecule has 1 rings (SSSR count). The molecule has 1 aromatic rings. The quantitative estimate of drug-likeness (QED) is 0.438. The van der Waals surface area contributed by atoms with E-state index in [-0.39, 0.29) is 29.5 Å². The van der Waals surface area contributed by atoms with Gasteiger partial charge in [0.25, 0.3) is 0 Å². The number of methoxy groups -OCH3 is 3. The second-order valence-electron chi connectivity index (χ2n) is 3.87. The van der Waals surface area contributed by atoms with Crippen molar-refractivity contribution in [2.75, 3.05) is 27.9 Å². The van der Waals surface area contributed by atoms with E-state index in [1.807, 2.05) is 0 Å². The number of esters is 1. The van der Waals surface area contributed by atoms with Gasteiger partial charge in [-0.05, 0) is 0 Å². The van der Waals surface area contributed by atoms with Crippen molar-refractivity contribution < 1.29 is 28.7 Å². The van der Waals surface area contributed by atoms with Crippen LogP contribution in [0.25, 0.3) is 0 Å². The number of nitrogens with zero attached hydrogens (tertiary/aromatic N) is 1. The Bertz CT molecular complexity index is 533. The minimum atomic E-state index is -1.05. The molecule has 0 saturated carbocycles. The average Bonchev–Trinajstić information content (AvgIpc) is 2.50. The summed E-state index contributed by atoms with van der Waals surface area (Å²) < 4.78 is 19.7. The van der Waals surface area contributed by atoms with Gasteiger partial charge in [-0.2, -0.15) is 0 Å². The van der Waals surface area contributed by atoms with Crippen LogP contribution >= 0.6 is 0 Å². The van der Waals surface area contributed by atoms with Gasteiger partial charge in [-0.3, -0.25) is 14.9 Å². The highest BCUT2D eigenvalue weighted by Gasteiger charge is 2.23. The summed E-state index contributed by atoms with van der Waals surface area (Å²) in [5, 5.41) is 11.0. The standard InChI is InChI=1S/C12H16N2O7/c1-18-10-4-8(14(16)17)9(5-11(10)19-2)21-6-7(13)12(15)20-3/h4-5,7H,6,13H2,1-3H3/t7-/m0/s1. The molecule has 9 heteroatoms. The molecular weight excluding hydrogens is 284 g/mol. The number of benzene rings is 1. The molecule has 0 aliphatic rings. The third-order valence-electron chi connectivity index (χ3n) is 2.58. The lowest BCUT2D eigenvalue weighted by Crippen LogP contribution is -2.37. The summed E-state index contributed by atoms with van der Waals surface area (Å²) in [5.41, 5.74) is 5.17. The van der Waals surface area contributed by atoms with E-state index in [2.05, 4.69) is 4.74 Å². The van der Waals surface area contributed by atoms with Crippen molar-refractivity contribution in [3.05, 3.63) is 22.2 Å². The summed E-state index contributed by atoms with van der Waals surface area (Å²) in [6.07, 6.45) is 0. The maximum absolute atomic E-state index is 11.2. The largest absolute Gasteiger partial charge is 0.493 e. The van der Waals surface area contributed by atoms with Crippen molar-refractivity contribution in [1.29, 1.82) is 0 Å². The summed E-state index contributed by atoms with van der Waals surface area (Å²) >= 11 is 0. The van der Waals surface area contributed by atoms with Gasteiger partial charge in [0, 0.05) is 6.07 Å². The van der Waals surface area contributed by atoms with Crippen LogP contribution in [0.5, 0.6) is 17.2 Å². The van der Waals surface area contributed by atoms with E-state index < -0.39 is 16.9 Å². The summed E-state index contributed by atoms with van der Waals surface area (Å²) in [6.45, 7) is -0.275. The third-order valence-corrected chi connectivity index (χ3v) is 2.58. The van der Waals surface area contributed by atoms with E-state index in [9.17, 15) is 14.9 Å². The number of carbonyl (C=O) groups is 1. The van der Waals surface area contributed by atoms with E-state index in [1.54, 1.807) is 0 Å². The van der Waals surface area contributed by atoms with Crippen molar-refractivity contribution in [1.82, 2.24) is 0 Å². The third kappa shape index (κ3) is 3.96. The molecule has 0 radical (unpaired) electrons. The molecule has 0 aliphatic heterocycles. The fraction of sp³-hybridized carbons (Fsp3) is 0.417. The van der Waals surface area contributed by atoms with Crippen molar-refractivity contribution >= 4 is 11.7 Å². The smallest absolute Gasteiger partial charge is 0.326 e. The molecule has 116 valence electrons. The normalized spacial score (nSPS) is 11.4. The first kappa shape index (κ1) is 16.5. The van der Waals surface area contributed by atoms with Crippen LogP contribution in [0.1, 0.15) is 0 Å². The van der Waals surface area contributed by atoms with Gasteiger partial charge in [-0.15, -0.1) is 0 Å². The minimum absolute atomic E-state index is 0.0861. The van der Waals surface area contributed by atoms with E-state index in [0.29, 0.717) is 0 Å². The highest BCUT2D eigenvalue weighted by atomic mass is 16.6. The number of nitrogens with two attached hydrogens (primary N) is 1. The molecule has 21 heavy (non-hydrogen) atoms. The molecule has 0 aromatic heterocycles. The number of nitro groups is 1. The first-order valence-electron chi connectivity index (χ1n) is 5.81. The fourth-order valence-electron chi connectivity index (χ4n) is 1.51. The first-order chi connectivity index (χ1) is 9.94. The lowest BCUT2D eigenvalue weighted by atomic mass is 10.2. The Kier molecular flexibility index (Phi) is 5.73. The number of hydrogen-bond donors (Lipinski definition) is 1. The maximum atomic E-state index is 11.2. The van der Waals surface area contributed by atoms with Gasteiger partial charge in [0.05, 0.1) is 32.3 Å². The predicted octanol–water partition coefficient (Wildman–Crippen LogP) is 0.491. The Labute approximate surface area is 120 Å². The van der Waals surface area contributed by atoms with Crippen LogP contribution in [0.4, 0.5) is 5.69 Å². The molecular formula is C12H16N2O7. The number of nitro benzene ring substituents is 1. The number of carbonyl (C=O) groups excluding carboxylic acids is 1. The molecule has 0 aliphatic carbocycles. The Morgan fingerprint density at radius 3 is 2.29 bits per heavy atom. The molecule has 0 amide bonds. The molecule has 0 unspecified atom stereocenters. The Hall–Kier alpha value is -2.55. The first-order valence-corrected chi connectivity index (χ1v) is 5.81. The van der Waals surface area contributed by atoms with E-state index in [4.69, 9.17) is 19.9 Å². The zero-order valence-electron chi connectivity index (χ0n) is 11.8. The highest BCUT2D eigenvalue weighted by molar-refractivity contribution is 5.75. The number of hydrogen-bond acceptors (Lipinski definition) is 8. The molecule has 0 saturated heterocycles. The topological polar surface area (TPSA) is 123 Å². The van der Waals surface area contributed by atoms with Crippen molar-refractivity contribution in [3.8, 4) is 17.2 Å². The number of rotatable bonds is 7. The maximum Gasteiger partial charge on any atom is 0.326 e. The monoisotopic (exact) mass is 300 g/mol. The van der Waals surface area contributed by atoms with Crippen molar-refractivity contribution in [2.45, 2.75) is 6.04 Å². The zero-order chi connectivity index (χ0) is 16.0. The van der Waals surface area contributed by atoms with E-state index in [0.717, 1.165) is 6.07 Å². The van der Waals surface area contributed by atoms with Gasteiger partial charge in [0.1, 0.15) is 12.6 Å². The lowest BCUT2D eigenvalue weighted by molar-refractivity contribution is -0.386. The fourth-order valence-corrected chi connectivity index (χ4v) is 1.51. The molecule has 1 atom stereocenters. The highest BCUT2D eigenvalue weighted by Crippen LogP contribution is 2.39. The molecule has 1 aromatic carbocycles. The van der Waals surface area contributed by atoms with E-state index in [1.165, 1.54) is 27.4 Å². The van der Waals surface area contributed by atoms with Crippen LogP contribution in [0, 0.1) is 10.1 Å². The Morgan fingerprint density at radius 1 is 1.24 bits per heavy atom. The SMILES string of the molecule is COC(=O)[C@@H](N)COc1cc(OC)c(OC)cc1[N+](=O)[O-]. The van der Waals surface area contributed by atoms with E-state index >= 15 is 0 Å². The van der Waals surface area contributed by atoms with Gasteiger partial charge in [-0.1, -0.05) is 0 Å². The zero-order valence-corrected chi connectivity index (χ0v) is 11.8. The predicted molar refractivity (Wildman–Crippen MR) is 71.7 cm³/mol. The molecule has 0 fully saturated rings. The molecule has 9 nitrogen and oxygen atoms in total. The summed E-state index contributed by atoms with van der Waals surface area (Å²) in [4.78, 5) is 21.6. The molecule has 0 spiro atoms. The Morgan fingerprint density at radius 2 is 1.81 bits per heavy atom. The van der Waals surface area contributed by atoms with Crippen LogP contribution in [-0.4, -0.2) is 44.9 Å². The van der Waals surface area contributed by atoms with Crippen LogP contribution in [-0.2, 0) is 9.53 Å². The van der Waals surface area contributed by atoms with Crippen LogP contribution in [0.3, 0.4) is 0 Å². The molecule has 2 N–H and O–H groups in total. The van der Waals surface area contributed by atoms with Crippen LogP contribution < -0.4 is 19.9 Å². The van der Waals surface area contributed by atoms with Gasteiger partial charge in [-0.25, -0.2) is 0 Å². The second kappa shape index (κ2) is 7.29. The van der Waals surface area contributed by atoms with Gasteiger partial charge in [0.15, 0.2) is 11.5 Å². The van der Waals surface area contributed by atoms with Crippen molar-refractivity contribution in [3.63, 3.8) is 0 Å². The van der Waals surface area contributed by atoms with Gasteiger partial charge >= 0.3 is 11.7 Å². The van der Waals surface area contributed by atoms with Gasteiger partial charge in [0.2, 0.25) is 5.75 Å². The second-order valence-corrected chi connectivity index (χ2v) is 3.87. The lowest BCUT2D eigenvalue weighted by Gasteiger charge is -2.13. The summed E-state index contributed by atoms with van der Waals surface area (Å²) in [6, 6.07) is 1.40. The average molecular weight is 300 g/mol.